The highest BCUT2D eigenvalue weighted by Gasteiger charge is 2.95. The normalized spacial score (nSPS) is 82.0. The van der Waals surface area contributed by atoms with E-state index in [1.807, 2.05) is 0 Å². The van der Waals surface area contributed by atoms with Crippen molar-refractivity contribution in [3.05, 3.63) is 0 Å². The maximum Gasteiger partial charge on any atom is 0.257 e. The van der Waals surface area contributed by atoms with Crippen LogP contribution in [0.3, 0.4) is 0 Å². The van der Waals surface area contributed by atoms with Crippen molar-refractivity contribution >= 4 is 17.6 Å². The van der Waals surface area contributed by atoms with E-state index >= 15 is 0 Å². The number of hydrogen-bond acceptors (Lipinski definition) is 0. The predicted octanol–water partition coefficient (Wildman–Crippen LogP) is 4.80. The van der Waals surface area contributed by atoms with E-state index in [1.54, 1.807) is 12.8 Å². The molecular formula is C20H26BCl. The Kier molecular flexibility index (Phi) is 1.55. The zero-order chi connectivity index (χ0) is 14.3. The van der Waals surface area contributed by atoms with Gasteiger partial charge in [0, 0.05) is 0 Å². The minimum absolute atomic E-state index is 0.539. The van der Waals surface area contributed by atoms with E-state index in [0.717, 1.165) is 69.8 Å². The first-order valence-corrected chi connectivity index (χ1v) is 10.7. The van der Waals surface area contributed by atoms with E-state index < -0.39 is 0 Å². The Bertz CT molecular complexity index is 648. The van der Waals surface area contributed by atoms with Gasteiger partial charge < -0.3 is 0 Å². The Morgan fingerprint density at radius 2 is 1.59 bits per heavy atom. The van der Waals surface area contributed by atoms with Crippen molar-refractivity contribution in [1.29, 1.82) is 0 Å². The second kappa shape index (κ2) is 2.89. The SMILES string of the molecule is C[C@@H]1CC2C3C[C@H]4C(C1B(Cl)C1C[C@@H]5CC6[C@@H]7[C@@H](C)C1C657)[C@@]234. The molecule has 0 amide bonds. The van der Waals surface area contributed by atoms with Crippen molar-refractivity contribution in [3.8, 4) is 0 Å². The van der Waals surface area contributed by atoms with Crippen molar-refractivity contribution in [3.63, 3.8) is 0 Å². The molecule has 8 saturated carbocycles. The number of hydrogen-bond donors (Lipinski definition) is 0. The summed E-state index contributed by atoms with van der Waals surface area (Å²) in [7, 11) is 0. The zero-order valence-electron chi connectivity index (χ0n) is 13.7. The fourth-order valence-corrected chi connectivity index (χ4v) is 12.1. The van der Waals surface area contributed by atoms with Crippen LogP contribution in [0.15, 0.2) is 0 Å². The van der Waals surface area contributed by atoms with E-state index in [-0.39, 0.29) is 0 Å². The number of fused-ring (bicyclic) bond motifs is 3. The summed E-state index contributed by atoms with van der Waals surface area (Å²) in [5, 5.41) is 0. The minimum Gasteiger partial charge on any atom is -0.195 e. The standard InChI is InChI=1S/C20H26BCl/c1-7-3-10-11-6-13-17(20(10,11)13)18(7)21(22)14-5-9-4-12-15-8(2)16(14)19(9,12)15/h7-18H,3-6H2,1-2H3/t7-,8-,9+,10?,11?,12?,13+,14?,15+,16?,17?,18?,19?,20+/m1/s1. The number of halogens is 1. The largest absolute Gasteiger partial charge is 0.257 e. The molecule has 2 spiro atoms. The highest BCUT2D eigenvalue weighted by Crippen LogP contribution is 3.00. The first kappa shape index (κ1) is 11.8. The molecule has 8 unspecified atom stereocenters. The van der Waals surface area contributed by atoms with Gasteiger partial charge in [0.05, 0.1) is 0 Å². The number of rotatable bonds is 2. The molecule has 0 heterocycles. The molecule has 0 N–H and O–H groups in total. The minimum atomic E-state index is 0.539. The quantitative estimate of drug-likeness (QED) is 0.642. The van der Waals surface area contributed by atoms with Crippen molar-refractivity contribution in [2.24, 2.45) is 70.0 Å². The van der Waals surface area contributed by atoms with Gasteiger partial charge in [-0.3, -0.25) is 0 Å². The summed E-state index contributed by atoms with van der Waals surface area (Å²) < 4.78 is 0. The third kappa shape index (κ3) is 0.788. The van der Waals surface area contributed by atoms with E-state index in [2.05, 4.69) is 13.8 Å². The zero-order valence-corrected chi connectivity index (χ0v) is 14.5. The maximum absolute atomic E-state index is 7.37. The van der Waals surface area contributed by atoms with Crippen LogP contribution in [0.25, 0.3) is 0 Å². The summed E-state index contributed by atoms with van der Waals surface area (Å²) in [5.41, 5.74) is 1.80. The van der Waals surface area contributed by atoms with Crippen LogP contribution < -0.4 is 0 Å². The van der Waals surface area contributed by atoms with Gasteiger partial charge in [-0.05, 0) is 101 Å². The van der Waals surface area contributed by atoms with Crippen molar-refractivity contribution in [2.75, 3.05) is 0 Å². The highest BCUT2D eigenvalue weighted by atomic mass is 35.5. The second-order valence-corrected chi connectivity index (χ2v) is 11.7. The molecule has 8 aliphatic rings. The molecule has 0 aromatic carbocycles. The molecule has 0 nitrogen and oxygen atoms in total. The van der Waals surface area contributed by atoms with Gasteiger partial charge in [-0.25, -0.2) is 0 Å². The van der Waals surface area contributed by atoms with Crippen LogP contribution in [0.5, 0.6) is 0 Å². The van der Waals surface area contributed by atoms with Crippen molar-refractivity contribution in [1.82, 2.24) is 0 Å². The van der Waals surface area contributed by atoms with Crippen molar-refractivity contribution in [2.45, 2.75) is 51.2 Å². The molecular weight excluding hydrogens is 286 g/mol. The molecule has 8 aliphatic carbocycles. The van der Waals surface area contributed by atoms with Crippen LogP contribution in [0.1, 0.15) is 39.5 Å². The molecule has 14 atom stereocenters. The lowest BCUT2D eigenvalue weighted by Crippen LogP contribution is -2.43. The van der Waals surface area contributed by atoms with Gasteiger partial charge in [-0.1, -0.05) is 20.3 Å². The lowest BCUT2D eigenvalue weighted by molar-refractivity contribution is 0.0417. The van der Waals surface area contributed by atoms with Crippen LogP contribution in [-0.4, -0.2) is 6.13 Å². The predicted molar refractivity (Wildman–Crippen MR) is 88.7 cm³/mol. The smallest absolute Gasteiger partial charge is 0.195 e. The average Bonchev–Trinajstić information content (AvgIpc) is 3.21. The average molecular weight is 313 g/mol. The summed E-state index contributed by atoms with van der Waals surface area (Å²) >= 11 is 7.37. The van der Waals surface area contributed by atoms with E-state index in [1.165, 1.54) is 24.7 Å². The Balaban J connectivity index is 1.16. The van der Waals surface area contributed by atoms with E-state index in [9.17, 15) is 0 Å². The molecule has 0 aliphatic heterocycles. The van der Waals surface area contributed by atoms with Crippen LogP contribution in [-0.2, 0) is 0 Å². The topological polar surface area (TPSA) is 0 Å². The molecule has 2 heteroatoms. The van der Waals surface area contributed by atoms with Gasteiger partial charge in [0.15, 0.2) is 0 Å². The van der Waals surface area contributed by atoms with Crippen LogP contribution >= 0.6 is 11.5 Å². The highest BCUT2D eigenvalue weighted by molar-refractivity contribution is 7.08. The third-order valence-electron chi connectivity index (χ3n) is 11.7. The summed E-state index contributed by atoms with van der Waals surface area (Å²) in [6.45, 7) is 5.14. The Morgan fingerprint density at radius 3 is 2.36 bits per heavy atom. The lowest BCUT2D eigenvalue weighted by atomic mass is 9.42. The van der Waals surface area contributed by atoms with Crippen LogP contribution in [0.2, 0.25) is 11.6 Å². The third-order valence-corrected chi connectivity index (χ3v) is 12.3. The Labute approximate surface area is 139 Å². The summed E-state index contributed by atoms with van der Waals surface area (Å²) in [4.78, 5) is 0. The molecule has 116 valence electrons. The Morgan fingerprint density at radius 1 is 0.818 bits per heavy atom. The van der Waals surface area contributed by atoms with Gasteiger partial charge in [-0.15, -0.1) is 0 Å². The fraction of sp³-hybridized carbons (Fsp3) is 1.00. The van der Waals surface area contributed by atoms with E-state index in [0.29, 0.717) is 6.13 Å². The van der Waals surface area contributed by atoms with Gasteiger partial charge in [0.25, 0.3) is 6.13 Å². The van der Waals surface area contributed by atoms with Crippen LogP contribution in [0.4, 0.5) is 0 Å². The summed E-state index contributed by atoms with van der Waals surface area (Å²) in [6.07, 6.45) is 6.79. The molecule has 0 aromatic heterocycles. The van der Waals surface area contributed by atoms with Crippen LogP contribution in [0, 0.1) is 70.0 Å². The summed E-state index contributed by atoms with van der Waals surface area (Å²) in [5.74, 6) is 12.8. The van der Waals surface area contributed by atoms with E-state index in [4.69, 9.17) is 11.5 Å². The monoisotopic (exact) mass is 312 g/mol. The first-order valence-electron chi connectivity index (χ1n) is 10.3. The Hall–Kier alpha value is 0.355. The maximum atomic E-state index is 7.37. The van der Waals surface area contributed by atoms with Crippen molar-refractivity contribution < 1.29 is 0 Å². The lowest BCUT2D eigenvalue weighted by Gasteiger charge is -2.46. The van der Waals surface area contributed by atoms with Gasteiger partial charge in [0.1, 0.15) is 0 Å². The molecule has 8 rings (SSSR count). The molecule has 0 radical (unpaired) electrons. The van der Waals surface area contributed by atoms with Gasteiger partial charge >= 0.3 is 0 Å². The second-order valence-electron chi connectivity index (χ2n) is 11.2. The molecule has 0 saturated heterocycles. The molecule has 8 fully saturated rings. The molecule has 0 aromatic rings. The molecule has 22 heavy (non-hydrogen) atoms. The first-order chi connectivity index (χ1) is 10.6. The fourth-order valence-electron chi connectivity index (χ4n) is 11.5. The van der Waals surface area contributed by atoms with Gasteiger partial charge in [-0.2, -0.15) is 11.5 Å². The molecule has 0 bridgehead atoms. The van der Waals surface area contributed by atoms with Gasteiger partial charge in [0.2, 0.25) is 0 Å². The summed E-state index contributed by atoms with van der Waals surface area (Å²) in [6, 6.07) is 0.